The number of allylic oxidation sites excluding steroid dienone is 4. The lowest BCUT2D eigenvalue weighted by Gasteiger charge is -2.62. The number of aliphatic hydroxyl groups is 2. The first kappa shape index (κ1) is 23.3. The third-order valence-corrected chi connectivity index (χ3v) is 9.67. The van der Waals surface area contributed by atoms with Crippen LogP contribution < -0.4 is 0 Å². The zero-order chi connectivity index (χ0) is 24.8. The molecule has 4 aliphatic carbocycles. The Bertz CT molecular complexity index is 1090. The van der Waals surface area contributed by atoms with Crippen molar-refractivity contribution in [2.45, 2.75) is 70.8 Å². The highest BCUT2D eigenvalue weighted by molar-refractivity contribution is 6.09. The molecule has 0 saturated heterocycles. The van der Waals surface area contributed by atoms with E-state index < -0.39 is 63.3 Å². The average Bonchev–Trinajstić information content (AvgIpc) is 3.17. The fraction of sp³-hybridized carbons (Fsp3) is 0.654. The minimum atomic E-state index is -2.04. The SMILES string of the molecule is CCOC(=O)C1=C(O)C(=O)[C@@]2(O1)[C@H](C)C[C@H]1[C@@H]3CCC4=CC(=O)C=C[C@]4(C)[C@@]3(F)[C@@H](O)C[C@@]12C. The maximum atomic E-state index is 17.2. The van der Waals surface area contributed by atoms with Gasteiger partial charge in [-0.2, -0.15) is 0 Å². The fourth-order valence-electron chi connectivity index (χ4n) is 8.10. The number of hydrogen-bond acceptors (Lipinski definition) is 7. The highest BCUT2D eigenvalue weighted by atomic mass is 19.1. The molecule has 3 fully saturated rings. The number of ether oxygens (including phenoxy) is 2. The summed E-state index contributed by atoms with van der Waals surface area (Å²) < 4.78 is 28.2. The van der Waals surface area contributed by atoms with E-state index in [4.69, 9.17) is 9.47 Å². The van der Waals surface area contributed by atoms with Crippen molar-refractivity contribution in [2.75, 3.05) is 6.61 Å². The van der Waals surface area contributed by atoms with Crippen molar-refractivity contribution in [3.63, 3.8) is 0 Å². The van der Waals surface area contributed by atoms with Crippen molar-refractivity contribution >= 4 is 17.5 Å². The number of rotatable bonds is 2. The monoisotopic (exact) mass is 474 g/mol. The van der Waals surface area contributed by atoms with Gasteiger partial charge in [0.25, 0.3) is 5.76 Å². The second-order valence-corrected chi connectivity index (χ2v) is 11.0. The van der Waals surface area contributed by atoms with E-state index in [2.05, 4.69) is 0 Å². The van der Waals surface area contributed by atoms with Gasteiger partial charge in [0.2, 0.25) is 11.5 Å². The number of halogens is 1. The molecule has 1 heterocycles. The Morgan fingerprint density at radius 3 is 2.68 bits per heavy atom. The van der Waals surface area contributed by atoms with Gasteiger partial charge < -0.3 is 19.7 Å². The van der Waals surface area contributed by atoms with Crippen molar-refractivity contribution in [1.82, 2.24) is 0 Å². The largest absolute Gasteiger partial charge is 0.501 e. The number of carbonyl (C=O) groups excluding carboxylic acids is 3. The van der Waals surface area contributed by atoms with Crippen LogP contribution in [-0.2, 0) is 23.9 Å². The fourth-order valence-corrected chi connectivity index (χ4v) is 8.10. The van der Waals surface area contributed by atoms with Crippen molar-refractivity contribution in [1.29, 1.82) is 0 Å². The van der Waals surface area contributed by atoms with Crippen LogP contribution in [0.5, 0.6) is 0 Å². The Kier molecular flexibility index (Phi) is 4.81. The quantitative estimate of drug-likeness (QED) is 0.591. The van der Waals surface area contributed by atoms with E-state index in [-0.39, 0.29) is 24.7 Å². The number of Topliss-reactive ketones (excluding diaryl/α,β-unsaturated/α-hetero) is 1. The number of esters is 1. The summed E-state index contributed by atoms with van der Waals surface area (Å²) in [6.07, 6.45) is 4.25. The third-order valence-electron chi connectivity index (χ3n) is 9.67. The van der Waals surface area contributed by atoms with Crippen LogP contribution in [0.4, 0.5) is 4.39 Å². The lowest BCUT2D eigenvalue weighted by atomic mass is 9.44. The Balaban J connectivity index is 1.59. The Morgan fingerprint density at radius 2 is 2.00 bits per heavy atom. The molecule has 2 N–H and O–H groups in total. The van der Waals surface area contributed by atoms with Crippen LogP contribution in [-0.4, -0.2) is 51.7 Å². The molecule has 1 spiro atoms. The molecule has 7 nitrogen and oxygen atoms in total. The van der Waals surface area contributed by atoms with E-state index in [1.54, 1.807) is 26.8 Å². The molecule has 3 saturated carbocycles. The molecule has 5 aliphatic rings. The van der Waals surface area contributed by atoms with Crippen LogP contribution in [0.2, 0.25) is 0 Å². The molecule has 0 aromatic carbocycles. The van der Waals surface area contributed by atoms with Gasteiger partial charge in [0, 0.05) is 22.7 Å². The summed E-state index contributed by atoms with van der Waals surface area (Å²) in [4.78, 5) is 37.9. The topological polar surface area (TPSA) is 110 Å². The molecule has 0 unspecified atom stereocenters. The standard InChI is InChI=1S/C26H31FO7/c1-5-33-22(32)20-19(30)21(31)26(34-20)13(2)10-17-16-7-6-14-11-15(28)8-9-23(14,3)25(16,27)18(29)12-24(17,26)4/h8-9,11,13,16-18,29-30H,5-7,10,12H2,1-4H3/t13-,16+,17+,18+,23+,24+,25+,26+/m1/s1. The van der Waals surface area contributed by atoms with Crippen molar-refractivity contribution in [3.8, 4) is 0 Å². The van der Waals surface area contributed by atoms with Crippen molar-refractivity contribution in [2.24, 2.45) is 28.6 Å². The molecule has 8 atom stereocenters. The van der Waals surface area contributed by atoms with E-state index in [1.807, 2.05) is 6.92 Å². The molecule has 0 aromatic heterocycles. The first-order valence-electron chi connectivity index (χ1n) is 12.0. The Labute approximate surface area is 197 Å². The molecule has 8 heteroatoms. The van der Waals surface area contributed by atoms with Gasteiger partial charge in [0.15, 0.2) is 17.1 Å². The Hall–Kier alpha value is -2.48. The molecule has 184 valence electrons. The van der Waals surface area contributed by atoms with Crippen LogP contribution in [0.25, 0.3) is 0 Å². The van der Waals surface area contributed by atoms with Crippen molar-refractivity contribution < 1.29 is 38.5 Å². The van der Waals surface area contributed by atoms with Gasteiger partial charge in [-0.05, 0) is 57.6 Å². The average molecular weight is 475 g/mol. The zero-order valence-corrected chi connectivity index (χ0v) is 19.9. The van der Waals surface area contributed by atoms with Gasteiger partial charge >= 0.3 is 5.97 Å². The lowest BCUT2D eigenvalue weighted by Crippen LogP contribution is -2.69. The number of carbonyl (C=O) groups is 3. The van der Waals surface area contributed by atoms with E-state index >= 15 is 4.39 Å². The molecule has 1 aliphatic heterocycles. The van der Waals surface area contributed by atoms with Crippen LogP contribution in [0.15, 0.2) is 35.3 Å². The molecule has 0 bridgehead atoms. The summed E-state index contributed by atoms with van der Waals surface area (Å²) in [5.41, 5.74) is -5.12. The highest BCUT2D eigenvalue weighted by Crippen LogP contribution is 2.72. The summed E-state index contributed by atoms with van der Waals surface area (Å²) in [6.45, 7) is 7.00. The third kappa shape index (κ3) is 2.42. The number of alkyl halides is 1. The molecule has 0 amide bonds. The second kappa shape index (κ2) is 7.03. The second-order valence-electron chi connectivity index (χ2n) is 11.0. The highest BCUT2D eigenvalue weighted by Gasteiger charge is 2.78. The Morgan fingerprint density at radius 1 is 1.29 bits per heavy atom. The number of hydrogen-bond donors (Lipinski definition) is 2. The zero-order valence-electron chi connectivity index (χ0n) is 19.9. The molecule has 0 aromatic rings. The first-order chi connectivity index (χ1) is 15.9. The number of aliphatic hydroxyl groups excluding tert-OH is 2. The molecule has 0 radical (unpaired) electrons. The van der Waals surface area contributed by atoms with Gasteiger partial charge in [-0.25, -0.2) is 9.18 Å². The summed E-state index contributed by atoms with van der Waals surface area (Å²) in [5.74, 6) is -4.49. The predicted octanol–water partition coefficient (Wildman–Crippen LogP) is 3.27. The molecule has 34 heavy (non-hydrogen) atoms. The van der Waals surface area contributed by atoms with Crippen LogP contribution in [0.1, 0.15) is 53.4 Å². The lowest BCUT2D eigenvalue weighted by molar-refractivity contribution is -0.218. The minimum Gasteiger partial charge on any atom is -0.501 e. The van der Waals surface area contributed by atoms with Crippen LogP contribution >= 0.6 is 0 Å². The number of fused-ring (bicyclic) bond motifs is 6. The predicted molar refractivity (Wildman–Crippen MR) is 118 cm³/mol. The van der Waals surface area contributed by atoms with Gasteiger partial charge in [-0.15, -0.1) is 0 Å². The summed E-state index contributed by atoms with van der Waals surface area (Å²) in [5, 5.41) is 22.0. The van der Waals surface area contributed by atoms with Crippen molar-refractivity contribution in [3.05, 3.63) is 35.3 Å². The van der Waals surface area contributed by atoms with E-state index in [0.717, 1.165) is 0 Å². The van der Waals surface area contributed by atoms with Crippen LogP contribution in [0, 0.1) is 28.6 Å². The summed E-state index contributed by atoms with van der Waals surface area (Å²) in [6, 6.07) is 0. The summed E-state index contributed by atoms with van der Waals surface area (Å²) >= 11 is 0. The normalized spacial score (nSPS) is 47.2. The molecular weight excluding hydrogens is 443 g/mol. The van der Waals surface area contributed by atoms with Gasteiger partial charge in [0.05, 0.1) is 12.7 Å². The summed E-state index contributed by atoms with van der Waals surface area (Å²) in [7, 11) is 0. The van der Waals surface area contributed by atoms with E-state index in [0.29, 0.717) is 24.8 Å². The van der Waals surface area contributed by atoms with E-state index in [9.17, 15) is 24.6 Å². The van der Waals surface area contributed by atoms with Crippen LogP contribution in [0.3, 0.4) is 0 Å². The molecular formula is C26H31FO7. The van der Waals surface area contributed by atoms with E-state index in [1.165, 1.54) is 12.2 Å². The minimum absolute atomic E-state index is 0.0468. The van der Waals surface area contributed by atoms with Gasteiger partial charge in [-0.3, -0.25) is 9.59 Å². The maximum Gasteiger partial charge on any atom is 0.377 e. The number of ketones is 2. The first-order valence-corrected chi connectivity index (χ1v) is 12.0. The maximum absolute atomic E-state index is 17.2. The molecule has 5 rings (SSSR count). The van der Waals surface area contributed by atoms with Gasteiger partial charge in [0.1, 0.15) is 0 Å². The van der Waals surface area contributed by atoms with Gasteiger partial charge in [-0.1, -0.05) is 25.5 Å². The smallest absolute Gasteiger partial charge is 0.377 e.